The second-order valence-electron chi connectivity index (χ2n) is 5.17. The van der Waals surface area contributed by atoms with Gasteiger partial charge in [-0.25, -0.2) is 4.79 Å². The monoisotopic (exact) mass is 344 g/mol. The van der Waals surface area contributed by atoms with Crippen LogP contribution < -0.4 is 22.3 Å². The lowest BCUT2D eigenvalue weighted by atomic mass is 10.1. The molecule has 1 saturated heterocycles. The first kappa shape index (κ1) is 18.3. The van der Waals surface area contributed by atoms with Crippen molar-refractivity contribution in [3.8, 4) is 0 Å². The molecule has 1 aliphatic rings. The average molecular weight is 344 g/mol. The fourth-order valence-electron chi connectivity index (χ4n) is 2.34. The zero-order valence-electron chi connectivity index (χ0n) is 12.8. The predicted octanol–water partition coefficient (Wildman–Crippen LogP) is -3.75. The molecule has 1 aromatic heterocycles. The predicted molar refractivity (Wildman–Crippen MR) is 80.1 cm³/mol. The summed E-state index contributed by atoms with van der Waals surface area (Å²) < 4.78 is 11.8. The van der Waals surface area contributed by atoms with Gasteiger partial charge in [-0.15, -0.1) is 0 Å². The first-order valence-corrected chi connectivity index (χ1v) is 7.32. The third-order valence-corrected chi connectivity index (χ3v) is 3.49. The zero-order valence-corrected chi connectivity index (χ0v) is 12.8. The van der Waals surface area contributed by atoms with Crippen molar-refractivity contribution in [1.29, 1.82) is 0 Å². The standard InChI is InChI=1S/C13H20N4O7/c14-2-3-15-9(20)6-23-11-10(21)7(5-18)24-12(11)17-4-1-8(19)16-13(17)22/h1,4,7,10-12,18,21H,2-3,5-6,14H2,(H,15,20)(H,16,19,22)/t7-,10-,11-,12-/m1/s1. The van der Waals surface area contributed by atoms with Gasteiger partial charge in [-0.1, -0.05) is 0 Å². The van der Waals surface area contributed by atoms with Crippen molar-refractivity contribution in [2.75, 3.05) is 26.3 Å². The lowest BCUT2D eigenvalue weighted by Gasteiger charge is -2.21. The van der Waals surface area contributed by atoms with E-state index in [0.717, 1.165) is 10.6 Å². The van der Waals surface area contributed by atoms with Gasteiger partial charge in [-0.2, -0.15) is 0 Å². The van der Waals surface area contributed by atoms with Crippen molar-refractivity contribution >= 4 is 5.91 Å². The normalized spacial score (nSPS) is 26.5. The van der Waals surface area contributed by atoms with E-state index in [1.54, 1.807) is 0 Å². The molecule has 0 aromatic carbocycles. The van der Waals surface area contributed by atoms with Gasteiger partial charge < -0.3 is 30.7 Å². The molecule has 0 spiro atoms. The van der Waals surface area contributed by atoms with Crippen LogP contribution in [0.15, 0.2) is 21.9 Å². The largest absolute Gasteiger partial charge is 0.394 e. The van der Waals surface area contributed by atoms with Gasteiger partial charge in [0.1, 0.15) is 24.9 Å². The third-order valence-electron chi connectivity index (χ3n) is 3.49. The highest BCUT2D eigenvalue weighted by Crippen LogP contribution is 2.30. The summed E-state index contributed by atoms with van der Waals surface area (Å²) in [5.41, 5.74) is 3.91. The van der Waals surface area contributed by atoms with E-state index in [0.29, 0.717) is 0 Å². The van der Waals surface area contributed by atoms with E-state index in [1.807, 2.05) is 0 Å². The van der Waals surface area contributed by atoms with Crippen molar-refractivity contribution in [2.45, 2.75) is 24.5 Å². The van der Waals surface area contributed by atoms with E-state index in [-0.39, 0.29) is 13.1 Å². The Balaban J connectivity index is 2.16. The summed E-state index contributed by atoms with van der Waals surface area (Å²) in [5.74, 6) is -0.451. The van der Waals surface area contributed by atoms with Crippen LogP contribution in [-0.4, -0.2) is 70.3 Å². The molecule has 0 saturated carbocycles. The molecule has 1 aliphatic heterocycles. The quantitative estimate of drug-likeness (QED) is 0.336. The average Bonchev–Trinajstić information content (AvgIpc) is 2.86. The van der Waals surface area contributed by atoms with Crippen molar-refractivity contribution < 1.29 is 24.5 Å². The molecule has 1 aromatic rings. The van der Waals surface area contributed by atoms with Gasteiger partial charge in [-0.3, -0.25) is 19.1 Å². The molecule has 0 unspecified atom stereocenters. The van der Waals surface area contributed by atoms with E-state index in [9.17, 15) is 24.6 Å². The molecule has 0 aliphatic carbocycles. The Morgan fingerprint density at radius 2 is 2.25 bits per heavy atom. The van der Waals surface area contributed by atoms with E-state index in [4.69, 9.17) is 15.2 Å². The highest BCUT2D eigenvalue weighted by molar-refractivity contribution is 5.77. The van der Waals surface area contributed by atoms with Crippen molar-refractivity contribution in [1.82, 2.24) is 14.9 Å². The summed E-state index contributed by atoms with van der Waals surface area (Å²) in [4.78, 5) is 36.7. The number of rotatable bonds is 7. The number of ether oxygens (including phenoxy) is 2. The second-order valence-corrected chi connectivity index (χ2v) is 5.17. The van der Waals surface area contributed by atoms with Crippen LogP contribution >= 0.6 is 0 Å². The molecule has 11 nitrogen and oxygen atoms in total. The van der Waals surface area contributed by atoms with Gasteiger partial charge in [0.2, 0.25) is 5.91 Å². The molecular weight excluding hydrogens is 324 g/mol. The number of nitrogens with two attached hydrogens (primary N) is 1. The Bertz CT molecular complexity index is 673. The highest BCUT2D eigenvalue weighted by atomic mass is 16.6. The molecule has 24 heavy (non-hydrogen) atoms. The van der Waals surface area contributed by atoms with Crippen LogP contribution in [0.2, 0.25) is 0 Å². The van der Waals surface area contributed by atoms with E-state index < -0.39 is 54.9 Å². The summed E-state index contributed by atoms with van der Waals surface area (Å²) in [6, 6.07) is 1.11. The maximum absolute atomic E-state index is 11.9. The summed E-state index contributed by atoms with van der Waals surface area (Å²) in [5, 5.41) is 21.9. The Hall–Kier alpha value is -2.05. The van der Waals surface area contributed by atoms with Gasteiger partial charge in [0.05, 0.1) is 6.61 Å². The molecule has 11 heteroatoms. The first-order valence-electron chi connectivity index (χ1n) is 7.32. The summed E-state index contributed by atoms with van der Waals surface area (Å²) >= 11 is 0. The molecule has 2 rings (SSSR count). The molecule has 0 bridgehead atoms. The number of aliphatic hydroxyl groups is 2. The molecule has 2 heterocycles. The summed E-state index contributed by atoms with van der Waals surface area (Å²) in [6.45, 7) is -0.357. The van der Waals surface area contributed by atoms with E-state index >= 15 is 0 Å². The Labute approximate surface area is 136 Å². The lowest BCUT2D eigenvalue weighted by molar-refractivity contribution is -0.133. The number of carbonyl (C=O) groups is 1. The number of amides is 1. The fraction of sp³-hybridized carbons (Fsp3) is 0.615. The smallest absolute Gasteiger partial charge is 0.330 e. The number of aromatic nitrogens is 2. The topological polar surface area (TPSA) is 169 Å². The molecule has 1 amide bonds. The van der Waals surface area contributed by atoms with Gasteiger partial charge >= 0.3 is 5.69 Å². The van der Waals surface area contributed by atoms with Crippen LogP contribution in [-0.2, 0) is 14.3 Å². The lowest BCUT2D eigenvalue weighted by Crippen LogP contribution is -2.41. The fourth-order valence-corrected chi connectivity index (χ4v) is 2.34. The number of H-pyrrole nitrogens is 1. The zero-order chi connectivity index (χ0) is 17.7. The Morgan fingerprint density at radius 1 is 1.50 bits per heavy atom. The molecule has 0 radical (unpaired) electrons. The number of hydrogen-bond donors (Lipinski definition) is 5. The number of aliphatic hydroxyl groups excluding tert-OH is 2. The van der Waals surface area contributed by atoms with E-state index in [1.165, 1.54) is 6.20 Å². The van der Waals surface area contributed by atoms with E-state index in [2.05, 4.69) is 10.3 Å². The number of carbonyl (C=O) groups excluding carboxylic acids is 1. The number of hydrogen-bond acceptors (Lipinski definition) is 8. The minimum atomic E-state index is -1.26. The van der Waals surface area contributed by atoms with Gasteiger partial charge in [0.15, 0.2) is 6.23 Å². The highest BCUT2D eigenvalue weighted by Gasteiger charge is 2.45. The first-order chi connectivity index (χ1) is 11.5. The van der Waals surface area contributed by atoms with Gasteiger partial charge in [-0.05, 0) is 0 Å². The maximum atomic E-state index is 11.9. The molecule has 6 N–H and O–H groups in total. The van der Waals surface area contributed by atoms with Crippen LogP contribution in [0, 0.1) is 0 Å². The minimum Gasteiger partial charge on any atom is -0.394 e. The van der Waals surface area contributed by atoms with Crippen molar-refractivity contribution in [2.24, 2.45) is 5.73 Å². The third kappa shape index (κ3) is 4.07. The van der Waals surface area contributed by atoms with Crippen molar-refractivity contribution in [3.05, 3.63) is 33.1 Å². The molecule has 134 valence electrons. The SMILES string of the molecule is NCCNC(=O)CO[C@@H]1[C@H](O)[C@@H](CO)O[C@H]1n1ccc(=O)[nH]c1=O. The van der Waals surface area contributed by atoms with Crippen LogP contribution in [0.1, 0.15) is 6.23 Å². The maximum Gasteiger partial charge on any atom is 0.330 e. The van der Waals surface area contributed by atoms with Crippen LogP contribution in [0.25, 0.3) is 0 Å². The second kappa shape index (κ2) is 8.17. The van der Waals surface area contributed by atoms with Crippen LogP contribution in [0.5, 0.6) is 0 Å². The Morgan fingerprint density at radius 3 is 2.88 bits per heavy atom. The summed E-state index contributed by atoms with van der Waals surface area (Å²) in [6.07, 6.45) is -3.27. The molecule has 1 fully saturated rings. The van der Waals surface area contributed by atoms with Crippen LogP contribution in [0.4, 0.5) is 0 Å². The molecule has 4 atom stereocenters. The summed E-state index contributed by atoms with van der Waals surface area (Å²) in [7, 11) is 0. The van der Waals surface area contributed by atoms with Gasteiger partial charge in [0, 0.05) is 25.4 Å². The Kier molecular flexibility index (Phi) is 6.23. The van der Waals surface area contributed by atoms with Crippen molar-refractivity contribution in [3.63, 3.8) is 0 Å². The number of nitrogens with one attached hydrogen (secondary N) is 2. The number of aromatic amines is 1. The molecular formula is C13H20N4O7. The minimum absolute atomic E-state index is 0.267. The number of nitrogens with zero attached hydrogens (tertiary/aromatic N) is 1. The van der Waals surface area contributed by atoms with Crippen LogP contribution in [0.3, 0.4) is 0 Å². The van der Waals surface area contributed by atoms with Gasteiger partial charge in [0.25, 0.3) is 5.56 Å².